The number of carboxylic acid groups (broad SMARTS) is 1. The van der Waals surface area contributed by atoms with Gasteiger partial charge in [0.1, 0.15) is 0 Å². The molecular weight excluding hydrogens is 238 g/mol. The lowest BCUT2D eigenvalue weighted by Crippen LogP contribution is -2.19. The number of benzene rings is 1. The van der Waals surface area contributed by atoms with Crippen LogP contribution >= 0.6 is 0 Å². The summed E-state index contributed by atoms with van der Waals surface area (Å²) in [6.07, 6.45) is 0.478. The van der Waals surface area contributed by atoms with E-state index in [0.29, 0.717) is 13.0 Å². The van der Waals surface area contributed by atoms with Gasteiger partial charge in [-0.25, -0.2) is 0 Å². The molecule has 0 aliphatic rings. The van der Waals surface area contributed by atoms with Crippen LogP contribution in [0, 0.1) is 13.8 Å². The van der Waals surface area contributed by atoms with Crippen LogP contribution in [0.1, 0.15) is 55.4 Å². The lowest BCUT2D eigenvalue weighted by Gasteiger charge is -2.24. The van der Waals surface area contributed by atoms with E-state index in [0.717, 1.165) is 16.7 Å². The minimum absolute atomic E-state index is 0.0701. The first-order chi connectivity index (χ1) is 8.68. The summed E-state index contributed by atoms with van der Waals surface area (Å²) in [7, 11) is 0. The van der Waals surface area contributed by atoms with Crippen LogP contribution in [-0.2, 0) is 10.2 Å². The Morgan fingerprint density at radius 2 is 1.74 bits per heavy atom. The first kappa shape index (κ1) is 15.7. The number of hydrogen-bond acceptors (Lipinski definition) is 2. The molecule has 1 aromatic rings. The highest BCUT2D eigenvalue weighted by molar-refractivity contribution is 5.77. The van der Waals surface area contributed by atoms with Crippen molar-refractivity contribution in [3.63, 3.8) is 0 Å². The minimum atomic E-state index is -0.792. The van der Waals surface area contributed by atoms with Crippen molar-refractivity contribution in [2.24, 2.45) is 5.73 Å². The summed E-state index contributed by atoms with van der Waals surface area (Å²) >= 11 is 0. The number of nitrogens with two attached hydrogens (primary N) is 1. The Kier molecular flexibility index (Phi) is 4.75. The van der Waals surface area contributed by atoms with Gasteiger partial charge in [0.2, 0.25) is 0 Å². The van der Waals surface area contributed by atoms with Gasteiger partial charge in [0.05, 0.1) is 5.92 Å². The monoisotopic (exact) mass is 263 g/mol. The Balaban J connectivity index is 3.34. The van der Waals surface area contributed by atoms with Crippen molar-refractivity contribution in [2.45, 2.75) is 52.4 Å². The van der Waals surface area contributed by atoms with Gasteiger partial charge in [0.15, 0.2) is 0 Å². The molecule has 1 aromatic carbocycles. The second kappa shape index (κ2) is 5.74. The molecular formula is C16H25NO2. The van der Waals surface area contributed by atoms with Crippen molar-refractivity contribution >= 4 is 5.97 Å². The van der Waals surface area contributed by atoms with E-state index in [4.69, 9.17) is 5.73 Å². The Morgan fingerprint density at radius 3 is 2.05 bits per heavy atom. The molecule has 0 fully saturated rings. The number of rotatable bonds is 4. The molecule has 0 saturated carbocycles. The van der Waals surface area contributed by atoms with Crippen LogP contribution in [0.5, 0.6) is 0 Å². The summed E-state index contributed by atoms with van der Waals surface area (Å²) < 4.78 is 0. The Bertz CT molecular complexity index is 449. The van der Waals surface area contributed by atoms with Gasteiger partial charge in [-0.2, -0.15) is 0 Å². The summed E-state index contributed by atoms with van der Waals surface area (Å²) in [5.41, 5.74) is 9.87. The molecule has 3 heteroatoms. The highest BCUT2D eigenvalue weighted by Gasteiger charge is 2.24. The third-order valence-corrected chi connectivity index (χ3v) is 3.56. The van der Waals surface area contributed by atoms with E-state index in [1.165, 1.54) is 5.56 Å². The minimum Gasteiger partial charge on any atom is -0.481 e. The molecule has 0 bridgehead atoms. The lowest BCUT2D eigenvalue weighted by molar-refractivity contribution is -0.138. The van der Waals surface area contributed by atoms with Gasteiger partial charge in [-0.1, -0.05) is 32.9 Å². The lowest BCUT2D eigenvalue weighted by atomic mass is 9.81. The van der Waals surface area contributed by atoms with Crippen LogP contribution < -0.4 is 5.73 Å². The van der Waals surface area contributed by atoms with Gasteiger partial charge in [-0.3, -0.25) is 4.79 Å². The fraction of sp³-hybridized carbons (Fsp3) is 0.562. The molecule has 0 aliphatic carbocycles. The van der Waals surface area contributed by atoms with Crippen molar-refractivity contribution in [2.75, 3.05) is 6.54 Å². The largest absolute Gasteiger partial charge is 0.481 e. The molecule has 106 valence electrons. The summed E-state index contributed by atoms with van der Waals surface area (Å²) in [4.78, 5) is 11.4. The van der Waals surface area contributed by atoms with Crippen LogP contribution in [0.4, 0.5) is 0 Å². The summed E-state index contributed by atoms with van der Waals surface area (Å²) in [5, 5.41) is 9.38. The van der Waals surface area contributed by atoms with Crippen LogP contribution in [-0.4, -0.2) is 17.6 Å². The van der Waals surface area contributed by atoms with E-state index in [-0.39, 0.29) is 5.41 Å². The fourth-order valence-corrected chi connectivity index (χ4v) is 2.52. The first-order valence-electron chi connectivity index (χ1n) is 6.73. The Hall–Kier alpha value is -1.35. The zero-order chi connectivity index (χ0) is 14.8. The third-order valence-electron chi connectivity index (χ3n) is 3.56. The summed E-state index contributed by atoms with van der Waals surface area (Å²) in [5.74, 6) is -1.29. The topological polar surface area (TPSA) is 63.3 Å². The molecule has 1 rings (SSSR count). The maximum absolute atomic E-state index is 11.4. The van der Waals surface area contributed by atoms with E-state index in [2.05, 4.69) is 32.9 Å². The maximum atomic E-state index is 11.4. The molecule has 0 heterocycles. The average Bonchev–Trinajstić information content (AvgIpc) is 2.25. The second-order valence-corrected chi connectivity index (χ2v) is 6.24. The molecule has 0 saturated heterocycles. The van der Waals surface area contributed by atoms with E-state index in [1.807, 2.05) is 13.8 Å². The maximum Gasteiger partial charge on any atom is 0.311 e. The Morgan fingerprint density at radius 1 is 1.26 bits per heavy atom. The molecule has 3 N–H and O–H groups in total. The molecule has 0 aliphatic heterocycles. The van der Waals surface area contributed by atoms with Gasteiger partial charge >= 0.3 is 5.97 Å². The standard InChI is InChI=1S/C16H25NO2/c1-10-8-12(16(3,4)5)9-11(2)14(10)13(6-7-17)15(18)19/h8-9,13H,6-7,17H2,1-5H3,(H,18,19). The van der Waals surface area contributed by atoms with Gasteiger partial charge in [-0.15, -0.1) is 0 Å². The molecule has 1 unspecified atom stereocenters. The predicted molar refractivity (Wildman–Crippen MR) is 78.7 cm³/mol. The normalized spacial score (nSPS) is 13.4. The van der Waals surface area contributed by atoms with Crippen molar-refractivity contribution in [3.05, 3.63) is 34.4 Å². The second-order valence-electron chi connectivity index (χ2n) is 6.24. The number of aliphatic carboxylic acids is 1. The molecule has 0 radical (unpaired) electrons. The zero-order valence-corrected chi connectivity index (χ0v) is 12.6. The number of carboxylic acids is 1. The number of carbonyl (C=O) groups is 1. The van der Waals surface area contributed by atoms with Crippen LogP contribution in [0.3, 0.4) is 0 Å². The van der Waals surface area contributed by atoms with Crippen molar-refractivity contribution in [1.29, 1.82) is 0 Å². The van der Waals surface area contributed by atoms with Crippen LogP contribution in [0.2, 0.25) is 0 Å². The summed E-state index contributed by atoms with van der Waals surface area (Å²) in [6.45, 7) is 10.9. The van der Waals surface area contributed by atoms with Crippen LogP contribution in [0.15, 0.2) is 12.1 Å². The van der Waals surface area contributed by atoms with Crippen molar-refractivity contribution in [1.82, 2.24) is 0 Å². The molecule has 0 amide bonds. The van der Waals surface area contributed by atoms with Crippen molar-refractivity contribution in [3.8, 4) is 0 Å². The smallest absolute Gasteiger partial charge is 0.311 e. The quantitative estimate of drug-likeness (QED) is 0.877. The average molecular weight is 263 g/mol. The molecule has 0 aromatic heterocycles. The van der Waals surface area contributed by atoms with Crippen LogP contribution in [0.25, 0.3) is 0 Å². The highest BCUT2D eigenvalue weighted by Crippen LogP contribution is 2.32. The van der Waals surface area contributed by atoms with Gasteiger partial charge in [0, 0.05) is 0 Å². The molecule has 19 heavy (non-hydrogen) atoms. The fourth-order valence-electron chi connectivity index (χ4n) is 2.52. The Labute approximate surface area is 115 Å². The van der Waals surface area contributed by atoms with Gasteiger partial charge in [0.25, 0.3) is 0 Å². The number of aryl methyl sites for hydroxylation is 2. The SMILES string of the molecule is Cc1cc(C(C)(C)C)cc(C)c1C(CCN)C(=O)O. The number of hydrogen-bond donors (Lipinski definition) is 2. The molecule has 3 nitrogen and oxygen atoms in total. The molecule has 1 atom stereocenters. The van der Waals surface area contributed by atoms with E-state index in [9.17, 15) is 9.90 Å². The zero-order valence-electron chi connectivity index (χ0n) is 12.6. The third kappa shape index (κ3) is 3.57. The van der Waals surface area contributed by atoms with E-state index in [1.54, 1.807) is 0 Å². The predicted octanol–water partition coefficient (Wildman–Crippen LogP) is 3.12. The van der Waals surface area contributed by atoms with E-state index < -0.39 is 11.9 Å². The van der Waals surface area contributed by atoms with Gasteiger partial charge in [-0.05, 0) is 54.5 Å². The highest BCUT2D eigenvalue weighted by atomic mass is 16.4. The van der Waals surface area contributed by atoms with Crippen molar-refractivity contribution < 1.29 is 9.90 Å². The molecule has 0 spiro atoms. The van der Waals surface area contributed by atoms with Gasteiger partial charge < -0.3 is 10.8 Å². The van der Waals surface area contributed by atoms with E-state index >= 15 is 0 Å². The first-order valence-corrected chi connectivity index (χ1v) is 6.73. The summed E-state index contributed by atoms with van der Waals surface area (Å²) in [6, 6.07) is 4.21.